The summed E-state index contributed by atoms with van der Waals surface area (Å²) in [5, 5.41) is 13.5. The van der Waals surface area contributed by atoms with Gasteiger partial charge in [-0.05, 0) is 49.1 Å². The molecule has 0 radical (unpaired) electrons. The lowest BCUT2D eigenvalue weighted by molar-refractivity contribution is 0.310. The van der Waals surface area contributed by atoms with E-state index in [2.05, 4.69) is 55.1 Å². The number of methoxy groups -OCH3 is 1. The minimum absolute atomic E-state index is 0.616. The second kappa shape index (κ2) is 11.6. The van der Waals surface area contributed by atoms with E-state index in [9.17, 15) is 0 Å². The van der Waals surface area contributed by atoms with Crippen LogP contribution in [0.2, 0.25) is 0 Å². The molecule has 8 nitrogen and oxygen atoms in total. The largest absolute Gasteiger partial charge is 0.493 e. The number of benzene rings is 2. The molecular formula is C23H30N6O2. The first-order valence-corrected chi connectivity index (χ1v) is 10.4. The summed E-state index contributed by atoms with van der Waals surface area (Å²) >= 11 is 0. The Morgan fingerprint density at radius 2 is 2.00 bits per heavy atom. The number of aromatic amines is 1. The summed E-state index contributed by atoms with van der Waals surface area (Å²) in [6.07, 6.45) is 3.42. The molecule has 2 aromatic carbocycles. The monoisotopic (exact) mass is 422 g/mol. The molecule has 0 unspecified atom stereocenters. The van der Waals surface area contributed by atoms with Crippen LogP contribution in [0.4, 0.5) is 0 Å². The standard InChI is InChI=1S/C23H30N6O2/c1-4-31-21-14-17(10-11-20(21)30-3)8-6-12-25-23(24-2)26-15-18-7-5-9-19(13-18)22-27-16-28-29-22/h5,7,9-11,13-14,16H,4,6,8,12,15H2,1-3H3,(H2,24,25,26)(H,27,28,29). The van der Waals surface area contributed by atoms with Crippen molar-refractivity contribution >= 4 is 5.96 Å². The Morgan fingerprint density at radius 3 is 2.74 bits per heavy atom. The molecule has 0 aliphatic heterocycles. The van der Waals surface area contributed by atoms with Crippen LogP contribution < -0.4 is 20.1 Å². The molecule has 3 N–H and O–H groups in total. The van der Waals surface area contributed by atoms with E-state index >= 15 is 0 Å². The van der Waals surface area contributed by atoms with Gasteiger partial charge in [0.2, 0.25) is 0 Å². The number of aryl methyl sites for hydroxylation is 1. The van der Waals surface area contributed by atoms with Gasteiger partial charge in [-0.15, -0.1) is 0 Å². The molecule has 8 heteroatoms. The van der Waals surface area contributed by atoms with Crippen LogP contribution in [0.25, 0.3) is 11.4 Å². The van der Waals surface area contributed by atoms with Gasteiger partial charge in [-0.1, -0.05) is 24.3 Å². The van der Waals surface area contributed by atoms with E-state index in [1.54, 1.807) is 14.2 Å². The lowest BCUT2D eigenvalue weighted by Gasteiger charge is -2.13. The lowest BCUT2D eigenvalue weighted by atomic mass is 10.1. The molecule has 0 amide bonds. The van der Waals surface area contributed by atoms with Crippen molar-refractivity contribution in [1.82, 2.24) is 25.8 Å². The van der Waals surface area contributed by atoms with E-state index in [1.807, 2.05) is 25.1 Å². The molecule has 3 aromatic rings. The van der Waals surface area contributed by atoms with Gasteiger partial charge in [0.1, 0.15) is 6.33 Å². The third kappa shape index (κ3) is 6.47. The SMILES string of the molecule is CCOc1cc(CCCNC(=NC)NCc2cccc(-c3ncn[nH]3)c2)ccc1OC. The molecule has 3 rings (SSSR count). The van der Waals surface area contributed by atoms with E-state index in [0.29, 0.717) is 13.2 Å². The molecule has 0 saturated carbocycles. The van der Waals surface area contributed by atoms with Gasteiger partial charge in [0, 0.05) is 25.7 Å². The fourth-order valence-electron chi connectivity index (χ4n) is 3.22. The van der Waals surface area contributed by atoms with E-state index in [-0.39, 0.29) is 0 Å². The molecule has 1 heterocycles. The summed E-state index contributed by atoms with van der Waals surface area (Å²) in [5.41, 5.74) is 3.36. The predicted octanol–water partition coefficient (Wildman–Crippen LogP) is 3.18. The van der Waals surface area contributed by atoms with Crippen LogP contribution in [0.15, 0.2) is 53.8 Å². The smallest absolute Gasteiger partial charge is 0.191 e. The van der Waals surface area contributed by atoms with Crippen LogP contribution in [-0.2, 0) is 13.0 Å². The van der Waals surface area contributed by atoms with Crippen LogP contribution in [-0.4, -0.2) is 48.5 Å². The van der Waals surface area contributed by atoms with E-state index in [0.717, 1.165) is 53.8 Å². The topological polar surface area (TPSA) is 96.5 Å². The Morgan fingerprint density at radius 1 is 1.10 bits per heavy atom. The average Bonchev–Trinajstić information content (AvgIpc) is 3.34. The van der Waals surface area contributed by atoms with Gasteiger partial charge < -0.3 is 20.1 Å². The predicted molar refractivity (Wildman–Crippen MR) is 123 cm³/mol. The van der Waals surface area contributed by atoms with E-state index < -0.39 is 0 Å². The molecule has 1 aromatic heterocycles. The molecular weight excluding hydrogens is 392 g/mol. The van der Waals surface area contributed by atoms with Gasteiger partial charge in [0.15, 0.2) is 23.3 Å². The van der Waals surface area contributed by atoms with Gasteiger partial charge in [-0.2, -0.15) is 5.10 Å². The van der Waals surface area contributed by atoms with Gasteiger partial charge in [0.05, 0.1) is 13.7 Å². The minimum atomic E-state index is 0.616. The minimum Gasteiger partial charge on any atom is -0.493 e. The number of rotatable bonds is 10. The quantitative estimate of drug-likeness (QED) is 0.264. The number of H-pyrrole nitrogens is 1. The number of aliphatic imine (C=N–C) groups is 1. The molecule has 0 saturated heterocycles. The Bertz CT molecular complexity index is 972. The van der Waals surface area contributed by atoms with Crippen molar-refractivity contribution in [2.45, 2.75) is 26.3 Å². The van der Waals surface area contributed by atoms with Crippen LogP contribution in [0.3, 0.4) is 0 Å². The highest BCUT2D eigenvalue weighted by atomic mass is 16.5. The number of nitrogens with one attached hydrogen (secondary N) is 3. The molecule has 31 heavy (non-hydrogen) atoms. The summed E-state index contributed by atoms with van der Waals surface area (Å²) in [7, 11) is 3.43. The molecule has 0 aliphatic carbocycles. The van der Waals surface area contributed by atoms with Gasteiger partial charge >= 0.3 is 0 Å². The normalized spacial score (nSPS) is 11.3. The third-order valence-corrected chi connectivity index (χ3v) is 4.76. The first-order chi connectivity index (χ1) is 15.2. The second-order valence-electron chi connectivity index (χ2n) is 6.91. The van der Waals surface area contributed by atoms with Crippen molar-refractivity contribution in [3.8, 4) is 22.9 Å². The Labute approximate surface area is 183 Å². The summed E-state index contributed by atoms with van der Waals surface area (Å²) in [6.45, 7) is 4.06. The van der Waals surface area contributed by atoms with Crippen molar-refractivity contribution in [2.24, 2.45) is 4.99 Å². The fourth-order valence-corrected chi connectivity index (χ4v) is 3.22. The molecule has 0 aliphatic rings. The van der Waals surface area contributed by atoms with Crippen molar-refractivity contribution in [3.05, 3.63) is 59.9 Å². The number of nitrogens with zero attached hydrogens (tertiary/aromatic N) is 3. The molecule has 164 valence electrons. The summed E-state index contributed by atoms with van der Waals surface area (Å²) in [5.74, 6) is 3.09. The highest BCUT2D eigenvalue weighted by Gasteiger charge is 2.06. The zero-order valence-corrected chi connectivity index (χ0v) is 18.3. The molecule has 0 atom stereocenters. The summed E-state index contributed by atoms with van der Waals surface area (Å²) in [6, 6.07) is 14.3. The lowest BCUT2D eigenvalue weighted by Crippen LogP contribution is -2.37. The zero-order chi connectivity index (χ0) is 21.9. The molecule has 0 fully saturated rings. The summed E-state index contributed by atoms with van der Waals surface area (Å²) in [4.78, 5) is 8.51. The maximum Gasteiger partial charge on any atom is 0.191 e. The maximum atomic E-state index is 5.66. The first kappa shape index (κ1) is 22.1. The average molecular weight is 423 g/mol. The highest BCUT2D eigenvalue weighted by molar-refractivity contribution is 5.79. The third-order valence-electron chi connectivity index (χ3n) is 4.76. The Hall–Kier alpha value is -3.55. The van der Waals surface area contributed by atoms with Gasteiger partial charge in [-0.3, -0.25) is 10.1 Å². The fraction of sp³-hybridized carbons (Fsp3) is 0.348. The second-order valence-corrected chi connectivity index (χ2v) is 6.91. The van der Waals surface area contributed by atoms with E-state index in [4.69, 9.17) is 9.47 Å². The Kier molecular flexibility index (Phi) is 8.28. The summed E-state index contributed by atoms with van der Waals surface area (Å²) < 4.78 is 11.0. The van der Waals surface area contributed by atoms with Crippen molar-refractivity contribution < 1.29 is 9.47 Å². The van der Waals surface area contributed by atoms with E-state index in [1.165, 1.54) is 11.9 Å². The van der Waals surface area contributed by atoms with Crippen molar-refractivity contribution in [2.75, 3.05) is 27.3 Å². The zero-order valence-electron chi connectivity index (χ0n) is 18.3. The molecule has 0 spiro atoms. The van der Waals surface area contributed by atoms with Gasteiger partial charge in [-0.25, -0.2) is 4.98 Å². The number of ether oxygens (including phenoxy) is 2. The van der Waals surface area contributed by atoms with Gasteiger partial charge in [0.25, 0.3) is 0 Å². The number of aromatic nitrogens is 3. The van der Waals surface area contributed by atoms with Crippen LogP contribution in [0.5, 0.6) is 11.5 Å². The number of guanidine groups is 1. The first-order valence-electron chi connectivity index (χ1n) is 10.4. The highest BCUT2D eigenvalue weighted by Crippen LogP contribution is 2.28. The van der Waals surface area contributed by atoms with Crippen molar-refractivity contribution in [3.63, 3.8) is 0 Å². The molecule has 0 bridgehead atoms. The van der Waals surface area contributed by atoms with Crippen LogP contribution in [0, 0.1) is 0 Å². The Balaban J connectivity index is 1.45. The van der Waals surface area contributed by atoms with Crippen molar-refractivity contribution in [1.29, 1.82) is 0 Å². The van der Waals surface area contributed by atoms with Crippen LogP contribution >= 0.6 is 0 Å². The maximum absolute atomic E-state index is 5.66. The number of hydrogen-bond donors (Lipinski definition) is 3. The number of hydrogen-bond acceptors (Lipinski definition) is 5. The van der Waals surface area contributed by atoms with Crippen LogP contribution in [0.1, 0.15) is 24.5 Å².